The van der Waals surface area contributed by atoms with Crippen molar-refractivity contribution in [2.75, 3.05) is 6.61 Å². The Balaban J connectivity index is 2.87. The molecule has 92 valence electrons. The van der Waals surface area contributed by atoms with Crippen LogP contribution in [0.2, 0.25) is 0 Å². The first-order chi connectivity index (χ1) is 8.20. The van der Waals surface area contributed by atoms with Gasteiger partial charge in [0.05, 0.1) is 0 Å². The third-order valence-electron chi connectivity index (χ3n) is 2.48. The average molecular weight is 235 g/mol. The average Bonchev–Trinajstić information content (AvgIpc) is 2.35. The van der Waals surface area contributed by atoms with Crippen molar-refractivity contribution < 1.29 is 9.53 Å². The lowest BCUT2D eigenvalue weighted by molar-refractivity contribution is 0.0548. The second kappa shape index (κ2) is 6.91. The highest BCUT2D eigenvalue weighted by Gasteiger charge is 2.17. The van der Waals surface area contributed by atoms with Crippen LogP contribution in [0, 0.1) is 4.91 Å². The van der Waals surface area contributed by atoms with Crippen LogP contribution in [0.15, 0.2) is 29.4 Å². The fourth-order valence-electron chi connectivity index (χ4n) is 1.55. The van der Waals surface area contributed by atoms with Crippen molar-refractivity contribution in [2.24, 2.45) is 5.18 Å². The van der Waals surface area contributed by atoms with Crippen LogP contribution in [0.4, 0.5) is 0 Å². The van der Waals surface area contributed by atoms with Crippen molar-refractivity contribution in [3.05, 3.63) is 40.3 Å². The van der Waals surface area contributed by atoms with E-state index in [1.165, 1.54) is 6.92 Å². The van der Waals surface area contributed by atoms with Gasteiger partial charge in [0, 0.05) is 17.7 Å². The predicted molar refractivity (Wildman–Crippen MR) is 65.8 cm³/mol. The van der Waals surface area contributed by atoms with Crippen LogP contribution in [0.5, 0.6) is 0 Å². The zero-order chi connectivity index (χ0) is 12.7. The van der Waals surface area contributed by atoms with Crippen molar-refractivity contribution >= 4 is 5.78 Å². The summed E-state index contributed by atoms with van der Waals surface area (Å²) in [4.78, 5) is 22.2. The van der Waals surface area contributed by atoms with Crippen LogP contribution in [-0.2, 0) is 4.74 Å². The smallest absolute Gasteiger partial charge is 0.216 e. The molecule has 0 fully saturated rings. The Bertz CT molecular complexity index is 390. The van der Waals surface area contributed by atoms with Crippen molar-refractivity contribution in [2.45, 2.75) is 32.9 Å². The summed E-state index contributed by atoms with van der Waals surface area (Å²) >= 11 is 0. The van der Waals surface area contributed by atoms with Crippen molar-refractivity contribution in [1.29, 1.82) is 0 Å². The molecule has 0 aliphatic carbocycles. The number of carbonyl (C=O) groups excluding carboxylic acids is 1. The lowest BCUT2D eigenvalue weighted by Gasteiger charge is -2.13. The maximum Gasteiger partial charge on any atom is 0.216 e. The minimum absolute atomic E-state index is 0.0895. The molecule has 1 unspecified atom stereocenters. The number of nitrogens with zero attached hydrogens (tertiary/aromatic N) is 1. The summed E-state index contributed by atoms with van der Waals surface area (Å²) in [6.45, 7) is 3.97. The predicted octanol–water partition coefficient (Wildman–Crippen LogP) is 3.47. The van der Waals surface area contributed by atoms with Crippen LogP contribution in [0.25, 0.3) is 0 Å². The molecular formula is C13H17NO3. The Morgan fingerprint density at radius 3 is 2.71 bits per heavy atom. The number of hydrogen-bond acceptors (Lipinski definition) is 4. The number of ether oxygens (including phenoxy) is 1. The highest BCUT2D eigenvalue weighted by Crippen LogP contribution is 2.23. The van der Waals surface area contributed by atoms with E-state index in [-0.39, 0.29) is 5.78 Å². The third kappa shape index (κ3) is 3.75. The number of unbranched alkanes of at least 4 members (excludes halogenated alkanes) is 1. The molecule has 1 aromatic rings. The number of hydrogen-bond donors (Lipinski definition) is 0. The van der Waals surface area contributed by atoms with Gasteiger partial charge in [-0.25, -0.2) is 0 Å². The quantitative estimate of drug-likeness (QED) is 0.413. The molecule has 0 heterocycles. The van der Waals surface area contributed by atoms with E-state index in [0.29, 0.717) is 17.7 Å². The van der Waals surface area contributed by atoms with E-state index < -0.39 is 6.23 Å². The molecule has 0 amide bonds. The molecule has 0 radical (unpaired) electrons. The minimum Gasteiger partial charge on any atom is -0.349 e. The zero-order valence-corrected chi connectivity index (χ0v) is 10.2. The lowest BCUT2D eigenvalue weighted by atomic mass is 10.0. The molecule has 1 rings (SSSR count). The molecule has 0 aliphatic heterocycles. The fraction of sp³-hybridized carbons (Fsp3) is 0.462. The normalized spacial score (nSPS) is 12.1. The second-order valence-electron chi connectivity index (χ2n) is 3.83. The van der Waals surface area contributed by atoms with Crippen LogP contribution in [0.3, 0.4) is 0 Å². The molecule has 1 aromatic carbocycles. The number of nitroso groups, excluding NO2 is 1. The van der Waals surface area contributed by atoms with Gasteiger partial charge in [-0.1, -0.05) is 37.6 Å². The maximum absolute atomic E-state index is 11.4. The van der Waals surface area contributed by atoms with Crippen molar-refractivity contribution in [3.8, 4) is 0 Å². The molecule has 0 aromatic heterocycles. The first kappa shape index (κ1) is 13.5. The summed E-state index contributed by atoms with van der Waals surface area (Å²) in [6, 6.07) is 6.91. The molecule has 0 N–H and O–H groups in total. The van der Waals surface area contributed by atoms with E-state index in [2.05, 4.69) is 5.18 Å². The Hall–Kier alpha value is -1.55. The highest BCUT2D eigenvalue weighted by molar-refractivity contribution is 5.95. The summed E-state index contributed by atoms with van der Waals surface area (Å²) in [5, 5.41) is 2.95. The molecule has 0 spiro atoms. The molecular weight excluding hydrogens is 218 g/mol. The minimum atomic E-state index is -0.887. The van der Waals surface area contributed by atoms with Crippen LogP contribution < -0.4 is 0 Å². The Morgan fingerprint density at radius 2 is 2.12 bits per heavy atom. The fourth-order valence-corrected chi connectivity index (χ4v) is 1.55. The summed E-state index contributed by atoms with van der Waals surface area (Å²) in [7, 11) is 0. The number of rotatable bonds is 7. The van der Waals surface area contributed by atoms with Gasteiger partial charge < -0.3 is 4.74 Å². The van der Waals surface area contributed by atoms with Gasteiger partial charge in [-0.15, -0.1) is 4.91 Å². The van der Waals surface area contributed by atoms with Gasteiger partial charge in [-0.2, -0.15) is 0 Å². The Kier molecular flexibility index (Phi) is 5.49. The van der Waals surface area contributed by atoms with Crippen LogP contribution in [0.1, 0.15) is 48.8 Å². The van der Waals surface area contributed by atoms with E-state index in [4.69, 9.17) is 4.74 Å². The molecule has 1 atom stereocenters. The molecule has 0 saturated carbocycles. The molecule has 4 nitrogen and oxygen atoms in total. The molecule has 4 heteroatoms. The van der Waals surface area contributed by atoms with Gasteiger partial charge in [-0.05, 0) is 18.5 Å². The zero-order valence-electron chi connectivity index (χ0n) is 10.2. The Morgan fingerprint density at radius 1 is 1.41 bits per heavy atom. The van der Waals surface area contributed by atoms with Gasteiger partial charge in [0.25, 0.3) is 0 Å². The first-order valence-corrected chi connectivity index (χ1v) is 5.74. The third-order valence-corrected chi connectivity index (χ3v) is 2.48. The van der Waals surface area contributed by atoms with E-state index in [1.807, 2.05) is 6.92 Å². The van der Waals surface area contributed by atoms with Gasteiger partial charge >= 0.3 is 0 Å². The topological polar surface area (TPSA) is 55.7 Å². The van der Waals surface area contributed by atoms with Crippen molar-refractivity contribution in [3.63, 3.8) is 0 Å². The monoisotopic (exact) mass is 235 g/mol. The molecule has 0 bridgehead atoms. The molecule has 17 heavy (non-hydrogen) atoms. The number of ketones is 1. The van der Waals surface area contributed by atoms with Crippen LogP contribution in [-0.4, -0.2) is 12.4 Å². The van der Waals surface area contributed by atoms with Gasteiger partial charge in [-0.3, -0.25) is 4.79 Å². The molecule has 0 aliphatic rings. The largest absolute Gasteiger partial charge is 0.349 e. The summed E-state index contributed by atoms with van der Waals surface area (Å²) in [6.07, 6.45) is 0.968. The van der Waals surface area contributed by atoms with Gasteiger partial charge in [0.15, 0.2) is 5.78 Å². The lowest BCUT2D eigenvalue weighted by Crippen LogP contribution is -2.08. The number of benzene rings is 1. The Labute approximate surface area is 101 Å². The summed E-state index contributed by atoms with van der Waals surface area (Å²) in [5.41, 5.74) is 1.04. The van der Waals surface area contributed by atoms with E-state index in [1.54, 1.807) is 24.3 Å². The maximum atomic E-state index is 11.4. The first-order valence-electron chi connectivity index (χ1n) is 5.74. The molecule has 0 saturated heterocycles. The van der Waals surface area contributed by atoms with Gasteiger partial charge in [0.2, 0.25) is 6.23 Å². The summed E-state index contributed by atoms with van der Waals surface area (Å²) in [5.74, 6) is -0.0895. The standard InChI is InChI=1S/C13H17NO3/c1-3-4-9-17-13(14-16)12-8-6-5-7-11(12)10(2)15/h5-8,13H,3-4,9H2,1-2H3. The highest BCUT2D eigenvalue weighted by atomic mass is 16.5. The summed E-state index contributed by atoms with van der Waals surface area (Å²) < 4.78 is 5.38. The van der Waals surface area contributed by atoms with E-state index in [0.717, 1.165) is 12.8 Å². The second-order valence-corrected chi connectivity index (χ2v) is 3.83. The van der Waals surface area contributed by atoms with Gasteiger partial charge in [0.1, 0.15) is 0 Å². The number of Topliss-reactive ketones (excluding diaryl/α,β-unsaturated/α-hetero) is 1. The van der Waals surface area contributed by atoms with E-state index >= 15 is 0 Å². The van der Waals surface area contributed by atoms with Crippen molar-refractivity contribution in [1.82, 2.24) is 0 Å². The van der Waals surface area contributed by atoms with E-state index in [9.17, 15) is 9.70 Å². The number of carbonyl (C=O) groups is 1. The SMILES string of the molecule is CCCCOC(N=O)c1ccccc1C(C)=O. The van der Waals surface area contributed by atoms with Crippen LogP contribution >= 0.6 is 0 Å².